The quantitative estimate of drug-likeness (QED) is 0.632. The average Bonchev–Trinajstić information content (AvgIpc) is 2.32. The Morgan fingerprint density at radius 2 is 2.07 bits per heavy atom. The predicted octanol–water partition coefficient (Wildman–Crippen LogP) is 0.149. The molecule has 1 aromatic rings. The van der Waals surface area contributed by atoms with Gasteiger partial charge in [-0.3, -0.25) is 14.5 Å². The lowest BCUT2D eigenvalue weighted by molar-refractivity contribution is -0.123. The van der Waals surface area contributed by atoms with E-state index in [0.717, 1.165) is 4.57 Å². The summed E-state index contributed by atoms with van der Waals surface area (Å²) in [6.07, 6.45) is 0. The zero-order valence-electron chi connectivity index (χ0n) is 8.88. The minimum Gasteiger partial charge on any atom is -0.350 e. The molecule has 3 N–H and O–H groups in total. The number of nitrogens with one attached hydrogen (secondary N) is 3. The van der Waals surface area contributed by atoms with Crippen LogP contribution in [-0.4, -0.2) is 26.2 Å². The number of amides is 1. The molecule has 0 aliphatic carbocycles. The van der Waals surface area contributed by atoms with E-state index in [9.17, 15) is 9.59 Å². The van der Waals surface area contributed by atoms with Gasteiger partial charge in [-0.2, -0.15) is 0 Å². The Hall–Kier alpha value is -1.37. The van der Waals surface area contributed by atoms with Crippen molar-refractivity contribution in [3.8, 4) is 0 Å². The first-order chi connectivity index (χ1) is 6.79. The second-order valence-electron chi connectivity index (χ2n) is 4.24. The van der Waals surface area contributed by atoms with Gasteiger partial charge in [0.2, 0.25) is 5.91 Å². The molecule has 0 unspecified atom stereocenters. The maximum atomic E-state index is 11.5. The minimum absolute atomic E-state index is 0.0745. The third-order valence-corrected chi connectivity index (χ3v) is 1.91. The smallest absolute Gasteiger partial charge is 0.342 e. The fraction of sp³-hybridized carbons (Fsp3) is 0.625. The number of hydrogen-bond donors (Lipinski definition) is 3. The van der Waals surface area contributed by atoms with E-state index in [4.69, 9.17) is 12.2 Å². The van der Waals surface area contributed by atoms with Gasteiger partial charge in [-0.15, -0.1) is 0 Å². The summed E-state index contributed by atoms with van der Waals surface area (Å²) in [7, 11) is 0. The van der Waals surface area contributed by atoms with Crippen molar-refractivity contribution in [1.82, 2.24) is 20.1 Å². The predicted molar refractivity (Wildman–Crippen MR) is 58.1 cm³/mol. The van der Waals surface area contributed by atoms with Crippen LogP contribution in [-0.2, 0) is 11.3 Å². The van der Waals surface area contributed by atoms with Crippen molar-refractivity contribution in [2.24, 2.45) is 0 Å². The van der Waals surface area contributed by atoms with Crippen molar-refractivity contribution in [1.29, 1.82) is 0 Å². The number of carbonyl (C=O) groups is 1. The molecule has 15 heavy (non-hydrogen) atoms. The highest BCUT2D eigenvalue weighted by molar-refractivity contribution is 7.71. The molecule has 1 rings (SSSR count). The first-order valence-corrected chi connectivity index (χ1v) is 4.89. The summed E-state index contributed by atoms with van der Waals surface area (Å²) >= 11 is 4.83. The van der Waals surface area contributed by atoms with Gasteiger partial charge in [0, 0.05) is 5.54 Å². The molecule has 6 nitrogen and oxygen atoms in total. The summed E-state index contributed by atoms with van der Waals surface area (Å²) in [4.78, 5) is 22.7. The lowest BCUT2D eigenvalue weighted by atomic mass is 10.1. The lowest BCUT2D eigenvalue weighted by Gasteiger charge is -2.20. The van der Waals surface area contributed by atoms with Crippen LogP contribution in [0.15, 0.2) is 4.79 Å². The lowest BCUT2D eigenvalue weighted by Crippen LogP contribution is -2.43. The summed E-state index contributed by atoms with van der Waals surface area (Å²) < 4.78 is 1.38. The van der Waals surface area contributed by atoms with Crippen molar-refractivity contribution in [3.63, 3.8) is 0 Å². The maximum absolute atomic E-state index is 11.5. The monoisotopic (exact) mass is 230 g/mol. The normalized spacial score (nSPS) is 11.4. The second-order valence-corrected chi connectivity index (χ2v) is 4.63. The van der Waals surface area contributed by atoms with E-state index in [2.05, 4.69) is 15.5 Å². The number of aromatic nitrogens is 3. The van der Waals surface area contributed by atoms with Gasteiger partial charge in [-0.25, -0.2) is 9.89 Å². The van der Waals surface area contributed by atoms with E-state index in [1.807, 2.05) is 20.8 Å². The van der Waals surface area contributed by atoms with Crippen molar-refractivity contribution < 1.29 is 4.79 Å². The van der Waals surface area contributed by atoms with Crippen LogP contribution in [0.2, 0.25) is 0 Å². The molecule has 0 aliphatic heterocycles. The third-order valence-electron chi connectivity index (χ3n) is 1.58. The van der Waals surface area contributed by atoms with Gasteiger partial charge in [0.1, 0.15) is 6.54 Å². The van der Waals surface area contributed by atoms with Crippen LogP contribution in [0.3, 0.4) is 0 Å². The number of aromatic amines is 2. The van der Waals surface area contributed by atoms with E-state index in [1.54, 1.807) is 0 Å². The van der Waals surface area contributed by atoms with E-state index in [1.165, 1.54) is 0 Å². The molecule has 0 radical (unpaired) electrons. The average molecular weight is 230 g/mol. The van der Waals surface area contributed by atoms with Gasteiger partial charge in [0.25, 0.3) is 0 Å². The fourth-order valence-corrected chi connectivity index (χ4v) is 1.28. The number of carbonyl (C=O) groups excluding carboxylic acids is 1. The van der Waals surface area contributed by atoms with Crippen LogP contribution in [0.4, 0.5) is 0 Å². The van der Waals surface area contributed by atoms with Gasteiger partial charge in [-0.1, -0.05) is 0 Å². The Bertz CT molecular complexity index is 434. The van der Waals surface area contributed by atoms with Gasteiger partial charge >= 0.3 is 5.69 Å². The topological polar surface area (TPSA) is 82.7 Å². The molecule has 0 spiro atoms. The molecule has 0 aromatic carbocycles. The molecule has 7 heteroatoms. The molecule has 0 atom stereocenters. The van der Waals surface area contributed by atoms with Crippen molar-refractivity contribution in [2.45, 2.75) is 32.9 Å². The third kappa shape index (κ3) is 3.35. The Balaban J connectivity index is 2.76. The maximum Gasteiger partial charge on any atom is 0.342 e. The minimum atomic E-state index is -0.413. The molecule has 84 valence electrons. The highest BCUT2D eigenvalue weighted by Crippen LogP contribution is 1.98. The molecular weight excluding hydrogens is 216 g/mol. The summed E-state index contributed by atoms with van der Waals surface area (Å²) in [6.45, 7) is 5.53. The molecule has 0 fully saturated rings. The SMILES string of the molecule is CC(C)(C)NC(=O)Cn1c(=O)[nH][nH]c1=S. The Labute approximate surface area is 91.7 Å². The zero-order valence-corrected chi connectivity index (χ0v) is 9.70. The molecule has 0 saturated heterocycles. The number of rotatable bonds is 2. The number of hydrogen-bond acceptors (Lipinski definition) is 3. The summed E-state index contributed by atoms with van der Waals surface area (Å²) in [5.41, 5.74) is -0.730. The summed E-state index contributed by atoms with van der Waals surface area (Å²) in [5.74, 6) is -0.247. The number of nitrogens with zero attached hydrogens (tertiary/aromatic N) is 1. The first kappa shape index (κ1) is 11.7. The summed E-state index contributed by atoms with van der Waals surface area (Å²) in [6, 6.07) is 0. The van der Waals surface area contributed by atoms with Gasteiger partial charge in [0.05, 0.1) is 0 Å². The Morgan fingerprint density at radius 1 is 1.47 bits per heavy atom. The van der Waals surface area contributed by atoms with E-state index >= 15 is 0 Å². The van der Waals surface area contributed by atoms with Crippen LogP contribution >= 0.6 is 12.2 Å². The van der Waals surface area contributed by atoms with E-state index < -0.39 is 5.69 Å². The summed E-state index contributed by atoms with van der Waals surface area (Å²) in [5, 5.41) is 7.51. The fourth-order valence-electron chi connectivity index (χ4n) is 1.08. The second kappa shape index (κ2) is 4.01. The van der Waals surface area contributed by atoms with Crippen molar-refractivity contribution >= 4 is 18.1 Å². The van der Waals surface area contributed by atoms with Crippen LogP contribution in [0.1, 0.15) is 20.8 Å². The highest BCUT2D eigenvalue weighted by atomic mass is 32.1. The van der Waals surface area contributed by atoms with Crippen LogP contribution < -0.4 is 11.0 Å². The van der Waals surface area contributed by atoms with Crippen LogP contribution in [0.25, 0.3) is 0 Å². The van der Waals surface area contributed by atoms with Crippen molar-refractivity contribution in [3.05, 3.63) is 15.3 Å². The van der Waals surface area contributed by atoms with Gasteiger partial charge < -0.3 is 5.32 Å². The van der Waals surface area contributed by atoms with E-state index in [-0.39, 0.29) is 22.8 Å². The molecule has 1 amide bonds. The standard InChI is InChI=1S/C8H14N4O2S/c1-8(2,3)9-5(13)4-12-6(14)10-11-7(12)15/h4H2,1-3H3,(H,9,13)(H,10,14)(H,11,15). The first-order valence-electron chi connectivity index (χ1n) is 4.48. The largest absolute Gasteiger partial charge is 0.350 e. The molecule has 0 bridgehead atoms. The van der Waals surface area contributed by atoms with Crippen LogP contribution in [0.5, 0.6) is 0 Å². The van der Waals surface area contributed by atoms with Crippen molar-refractivity contribution in [2.75, 3.05) is 0 Å². The number of H-pyrrole nitrogens is 2. The van der Waals surface area contributed by atoms with Crippen LogP contribution in [0, 0.1) is 4.77 Å². The highest BCUT2D eigenvalue weighted by Gasteiger charge is 2.14. The molecule has 0 saturated carbocycles. The van der Waals surface area contributed by atoms with Gasteiger partial charge in [0.15, 0.2) is 4.77 Å². The molecule has 1 heterocycles. The molecular formula is C8H14N4O2S. The molecule has 1 aromatic heterocycles. The Morgan fingerprint density at radius 3 is 2.47 bits per heavy atom. The zero-order chi connectivity index (χ0) is 11.6. The van der Waals surface area contributed by atoms with Gasteiger partial charge in [-0.05, 0) is 33.0 Å². The Kier molecular flexibility index (Phi) is 3.13. The van der Waals surface area contributed by atoms with E-state index in [0.29, 0.717) is 0 Å². The molecule has 0 aliphatic rings.